The number of imidazole rings is 1. The maximum atomic E-state index is 13.9. The van der Waals surface area contributed by atoms with Crippen molar-refractivity contribution in [2.75, 3.05) is 33.4 Å². The fraction of sp³-hybridized carbons (Fsp3) is 0.455. The summed E-state index contributed by atoms with van der Waals surface area (Å²) in [5, 5.41) is 0. The minimum Gasteiger partial charge on any atom is -0.382 e. The molecule has 1 fully saturated rings. The predicted molar refractivity (Wildman–Crippen MR) is 109 cm³/mol. The van der Waals surface area contributed by atoms with Crippen LogP contribution in [0.1, 0.15) is 35.7 Å². The van der Waals surface area contributed by atoms with Crippen molar-refractivity contribution < 1.29 is 31.8 Å². The summed E-state index contributed by atoms with van der Waals surface area (Å²) in [7, 11) is 1.60. The van der Waals surface area contributed by atoms with Gasteiger partial charge in [0.15, 0.2) is 0 Å². The van der Waals surface area contributed by atoms with Crippen LogP contribution >= 0.6 is 0 Å². The molecule has 2 heterocycles. The molecule has 0 atom stereocenters. The maximum absolute atomic E-state index is 13.9. The highest BCUT2D eigenvalue weighted by atomic mass is 19.4. The number of carbonyl (C=O) groups is 1. The molecule has 32 heavy (non-hydrogen) atoms. The minimum absolute atomic E-state index is 0.157. The molecule has 0 unspecified atom stereocenters. The van der Waals surface area contributed by atoms with Crippen LogP contribution in [0.4, 0.5) is 17.6 Å². The van der Waals surface area contributed by atoms with E-state index in [4.69, 9.17) is 9.47 Å². The van der Waals surface area contributed by atoms with Crippen molar-refractivity contribution >= 4 is 12.0 Å². The normalized spacial score (nSPS) is 15.6. The first kappa shape index (κ1) is 23.9. The van der Waals surface area contributed by atoms with Crippen LogP contribution in [0, 0.1) is 5.82 Å². The largest absolute Gasteiger partial charge is 0.416 e. The standard InChI is InChI=1S/C22H25F4N3O3/c1-31-12-13-32-15-29-11-8-27-21(29)16-6-9-28(10-7-16)20(30)5-2-17-14-18(22(24,25)26)3-4-19(17)23/h2-5,8,11,14,16H,6-7,9-10,12-13,15H2,1H3. The topological polar surface area (TPSA) is 56.6 Å². The van der Waals surface area contributed by atoms with Crippen LogP contribution < -0.4 is 0 Å². The van der Waals surface area contributed by atoms with Gasteiger partial charge in [-0.15, -0.1) is 0 Å². The van der Waals surface area contributed by atoms with Crippen molar-refractivity contribution in [2.45, 2.75) is 31.7 Å². The summed E-state index contributed by atoms with van der Waals surface area (Å²) in [6.45, 7) is 2.28. The van der Waals surface area contributed by atoms with Gasteiger partial charge in [-0.05, 0) is 37.1 Å². The zero-order valence-electron chi connectivity index (χ0n) is 17.6. The van der Waals surface area contributed by atoms with Gasteiger partial charge in [0.05, 0.1) is 18.8 Å². The second kappa shape index (κ2) is 10.7. The van der Waals surface area contributed by atoms with Gasteiger partial charge in [-0.25, -0.2) is 9.37 Å². The second-order valence-corrected chi connectivity index (χ2v) is 7.45. The molecule has 1 aliphatic heterocycles. The Balaban J connectivity index is 1.56. The third-order valence-corrected chi connectivity index (χ3v) is 5.31. The van der Waals surface area contributed by atoms with E-state index < -0.39 is 17.6 Å². The zero-order chi connectivity index (χ0) is 23.1. The van der Waals surface area contributed by atoms with Crippen molar-refractivity contribution in [3.8, 4) is 0 Å². The Morgan fingerprint density at radius 1 is 1.25 bits per heavy atom. The maximum Gasteiger partial charge on any atom is 0.416 e. The van der Waals surface area contributed by atoms with Crippen molar-refractivity contribution in [1.29, 1.82) is 0 Å². The average molecular weight is 455 g/mol. The van der Waals surface area contributed by atoms with E-state index in [2.05, 4.69) is 4.98 Å². The Hall–Kier alpha value is -2.72. The smallest absolute Gasteiger partial charge is 0.382 e. The molecule has 0 bridgehead atoms. The van der Waals surface area contributed by atoms with Gasteiger partial charge in [-0.2, -0.15) is 13.2 Å². The van der Waals surface area contributed by atoms with Crippen LogP contribution in [0.25, 0.3) is 6.08 Å². The molecule has 10 heteroatoms. The van der Waals surface area contributed by atoms with E-state index in [1.54, 1.807) is 18.2 Å². The molecule has 0 N–H and O–H groups in total. The summed E-state index contributed by atoms with van der Waals surface area (Å²) in [5.41, 5.74) is -1.24. The number of hydrogen-bond acceptors (Lipinski definition) is 4. The first-order valence-electron chi connectivity index (χ1n) is 10.2. The predicted octanol–water partition coefficient (Wildman–Crippen LogP) is 4.08. The fourth-order valence-corrected chi connectivity index (χ4v) is 3.57. The number of halogens is 4. The van der Waals surface area contributed by atoms with E-state index in [-0.39, 0.29) is 17.4 Å². The Morgan fingerprint density at radius 3 is 2.69 bits per heavy atom. The van der Waals surface area contributed by atoms with Crippen LogP contribution in [0.3, 0.4) is 0 Å². The van der Waals surface area contributed by atoms with Crippen molar-refractivity contribution in [2.24, 2.45) is 0 Å². The number of ether oxygens (including phenoxy) is 2. The molecule has 1 aromatic carbocycles. The quantitative estimate of drug-likeness (QED) is 0.342. The molecule has 174 valence electrons. The van der Waals surface area contributed by atoms with Crippen LogP contribution in [0.15, 0.2) is 36.7 Å². The van der Waals surface area contributed by atoms with Gasteiger partial charge in [-0.1, -0.05) is 0 Å². The van der Waals surface area contributed by atoms with Gasteiger partial charge < -0.3 is 18.9 Å². The van der Waals surface area contributed by atoms with E-state index in [1.165, 1.54) is 0 Å². The third kappa shape index (κ3) is 6.17. The van der Waals surface area contributed by atoms with Crippen molar-refractivity contribution in [1.82, 2.24) is 14.5 Å². The number of rotatable bonds is 8. The summed E-state index contributed by atoms with van der Waals surface area (Å²) in [4.78, 5) is 18.5. The van der Waals surface area contributed by atoms with E-state index in [0.717, 1.165) is 24.0 Å². The number of benzene rings is 1. The molecule has 1 saturated heterocycles. The van der Waals surface area contributed by atoms with Crippen LogP contribution in [0.2, 0.25) is 0 Å². The lowest BCUT2D eigenvalue weighted by Crippen LogP contribution is -2.37. The molecule has 0 aliphatic carbocycles. The first-order valence-corrected chi connectivity index (χ1v) is 10.2. The van der Waals surface area contributed by atoms with E-state index in [0.29, 0.717) is 58.0 Å². The molecule has 0 spiro atoms. The van der Waals surface area contributed by atoms with Crippen molar-refractivity contribution in [3.05, 3.63) is 59.4 Å². The van der Waals surface area contributed by atoms with Gasteiger partial charge >= 0.3 is 6.18 Å². The highest BCUT2D eigenvalue weighted by Gasteiger charge is 2.31. The Labute approximate surface area is 183 Å². The Morgan fingerprint density at radius 2 is 2.00 bits per heavy atom. The molecule has 1 aliphatic rings. The monoisotopic (exact) mass is 455 g/mol. The van der Waals surface area contributed by atoms with Gasteiger partial charge in [0.2, 0.25) is 5.91 Å². The first-order chi connectivity index (χ1) is 15.3. The number of alkyl halides is 3. The Bertz CT molecular complexity index is 935. The van der Waals surface area contributed by atoms with Gasteiger partial charge in [0.1, 0.15) is 18.4 Å². The number of hydrogen-bond donors (Lipinski definition) is 0. The summed E-state index contributed by atoms with van der Waals surface area (Å²) < 4.78 is 64.8. The number of amides is 1. The van der Waals surface area contributed by atoms with Crippen LogP contribution in [-0.2, 0) is 27.2 Å². The molecule has 1 aromatic heterocycles. The lowest BCUT2D eigenvalue weighted by Gasteiger charge is -2.31. The number of aromatic nitrogens is 2. The lowest BCUT2D eigenvalue weighted by molar-refractivity contribution is -0.137. The molecular weight excluding hydrogens is 430 g/mol. The molecule has 0 radical (unpaired) electrons. The molecule has 6 nitrogen and oxygen atoms in total. The molecule has 1 amide bonds. The lowest BCUT2D eigenvalue weighted by atomic mass is 9.96. The summed E-state index contributed by atoms with van der Waals surface area (Å²) in [5.74, 6) is -0.145. The Kier molecular flexibility index (Phi) is 8.03. The highest BCUT2D eigenvalue weighted by molar-refractivity contribution is 5.91. The fourth-order valence-electron chi connectivity index (χ4n) is 3.57. The number of nitrogens with zero attached hydrogens (tertiary/aromatic N) is 3. The zero-order valence-corrected chi connectivity index (χ0v) is 17.6. The van der Waals surface area contributed by atoms with E-state index in [1.807, 2.05) is 10.8 Å². The number of carbonyl (C=O) groups excluding carboxylic acids is 1. The number of likely N-dealkylation sites (tertiary alicyclic amines) is 1. The average Bonchev–Trinajstić information content (AvgIpc) is 3.24. The van der Waals surface area contributed by atoms with Crippen LogP contribution in [0.5, 0.6) is 0 Å². The third-order valence-electron chi connectivity index (χ3n) is 5.31. The second-order valence-electron chi connectivity index (χ2n) is 7.45. The summed E-state index contributed by atoms with van der Waals surface area (Å²) >= 11 is 0. The highest BCUT2D eigenvalue weighted by Crippen LogP contribution is 2.31. The minimum atomic E-state index is -4.58. The summed E-state index contributed by atoms with van der Waals surface area (Å²) in [6, 6.07) is 2.12. The SMILES string of the molecule is COCCOCn1ccnc1C1CCN(C(=O)C=Cc2cc(C(F)(F)F)ccc2F)CC1. The van der Waals surface area contributed by atoms with Gasteiger partial charge in [0.25, 0.3) is 0 Å². The molecule has 3 rings (SSSR count). The molecule has 2 aromatic rings. The van der Waals surface area contributed by atoms with Gasteiger partial charge in [0, 0.05) is 50.2 Å². The van der Waals surface area contributed by atoms with E-state index >= 15 is 0 Å². The van der Waals surface area contributed by atoms with Crippen LogP contribution in [-0.4, -0.2) is 53.8 Å². The molecular formula is C22H25F4N3O3. The number of methoxy groups -OCH3 is 1. The van der Waals surface area contributed by atoms with Crippen molar-refractivity contribution in [3.63, 3.8) is 0 Å². The molecule has 0 saturated carbocycles. The van der Waals surface area contributed by atoms with Gasteiger partial charge in [-0.3, -0.25) is 4.79 Å². The summed E-state index contributed by atoms with van der Waals surface area (Å²) in [6.07, 6.45) is 2.54. The number of piperidine rings is 1. The van der Waals surface area contributed by atoms with E-state index in [9.17, 15) is 22.4 Å².